The van der Waals surface area contributed by atoms with Crippen LogP contribution in [0.4, 0.5) is 0 Å². The molecule has 2 atom stereocenters. The van der Waals surface area contributed by atoms with Gasteiger partial charge >= 0.3 is 0 Å². The van der Waals surface area contributed by atoms with E-state index in [1.54, 1.807) is 0 Å². The van der Waals surface area contributed by atoms with E-state index in [0.717, 1.165) is 44.9 Å². The summed E-state index contributed by atoms with van der Waals surface area (Å²) in [5.41, 5.74) is 0. The number of hydrogen-bond donors (Lipinski definition) is 2. The molecule has 2 rings (SSSR count). The number of rotatable bonds is 5. The van der Waals surface area contributed by atoms with E-state index < -0.39 is 0 Å². The van der Waals surface area contributed by atoms with Gasteiger partial charge in [-0.25, -0.2) is 0 Å². The molecule has 0 aliphatic carbocycles. The van der Waals surface area contributed by atoms with Crippen molar-refractivity contribution in [3.05, 3.63) is 0 Å². The van der Waals surface area contributed by atoms with E-state index in [1.165, 1.54) is 12.8 Å². The maximum atomic E-state index is 11.9. The average Bonchev–Trinajstić information content (AvgIpc) is 2.91. The highest BCUT2D eigenvalue weighted by Crippen LogP contribution is 2.18. The van der Waals surface area contributed by atoms with E-state index in [-0.39, 0.29) is 18.1 Å². The Bertz CT molecular complexity index is 259. The summed E-state index contributed by atoms with van der Waals surface area (Å²) in [6.45, 7) is 5.12. The Balaban J connectivity index is 1.61. The van der Waals surface area contributed by atoms with Crippen LogP contribution in [0.25, 0.3) is 0 Å². The minimum atomic E-state index is 0.160. The lowest BCUT2D eigenvalue weighted by Gasteiger charge is -2.23. The van der Waals surface area contributed by atoms with Crippen molar-refractivity contribution in [2.24, 2.45) is 5.92 Å². The first-order valence-electron chi connectivity index (χ1n) is 7.37. The zero-order valence-electron chi connectivity index (χ0n) is 11.4. The van der Waals surface area contributed by atoms with Crippen LogP contribution in [0.1, 0.15) is 45.4 Å². The van der Waals surface area contributed by atoms with Crippen molar-refractivity contribution < 1.29 is 9.53 Å². The van der Waals surface area contributed by atoms with Crippen LogP contribution in [0.3, 0.4) is 0 Å². The fourth-order valence-electron chi connectivity index (χ4n) is 2.92. The van der Waals surface area contributed by atoms with Gasteiger partial charge in [-0.05, 0) is 58.0 Å². The highest BCUT2D eigenvalue weighted by Gasteiger charge is 2.23. The van der Waals surface area contributed by atoms with Crippen molar-refractivity contribution in [3.8, 4) is 0 Å². The molecule has 1 amide bonds. The van der Waals surface area contributed by atoms with E-state index in [0.29, 0.717) is 6.42 Å². The third-order valence-corrected chi connectivity index (χ3v) is 4.15. The van der Waals surface area contributed by atoms with Crippen LogP contribution in [0.5, 0.6) is 0 Å². The molecule has 2 aliphatic rings. The van der Waals surface area contributed by atoms with Crippen LogP contribution < -0.4 is 10.6 Å². The summed E-state index contributed by atoms with van der Waals surface area (Å²) < 4.78 is 5.59. The van der Waals surface area contributed by atoms with Crippen LogP contribution in [-0.2, 0) is 9.53 Å². The normalized spacial score (nSPS) is 27.1. The van der Waals surface area contributed by atoms with Gasteiger partial charge in [-0.3, -0.25) is 4.79 Å². The highest BCUT2D eigenvalue weighted by atomic mass is 16.5. The van der Waals surface area contributed by atoms with Gasteiger partial charge in [0.2, 0.25) is 5.91 Å². The van der Waals surface area contributed by atoms with Crippen LogP contribution in [0.15, 0.2) is 0 Å². The molecule has 4 nitrogen and oxygen atoms in total. The van der Waals surface area contributed by atoms with E-state index in [2.05, 4.69) is 17.6 Å². The molecule has 2 fully saturated rings. The summed E-state index contributed by atoms with van der Waals surface area (Å²) in [6.07, 6.45) is 6.57. The molecule has 0 aromatic heterocycles. The van der Waals surface area contributed by atoms with Crippen LogP contribution in [0.2, 0.25) is 0 Å². The highest BCUT2D eigenvalue weighted by molar-refractivity contribution is 5.76. The molecule has 2 unspecified atom stereocenters. The number of ether oxygens (including phenoxy) is 1. The maximum Gasteiger partial charge on any atom is 0.220 e. The van der Waals surface area contributed by atoms with Gasteiger partial charge in [-0.15, -0.1) is 0 Å². The molecule has 0 saturated carbocycles. The Kier molecular flexibility index (Phi) is 5.45. The summed E-state index contributed by atoms with van der Waals surface area (Å²) in [4.78, 5) is 11.9. The number of carbonyl (C=O) groups is 1. The van der Waals surface area contributed by atoms with Gasteiger partial charge in [0.15, 0.2) is 0 Å². The molecule has 0 radical (unpaired) electrons. The van der Waals surface area contributed by atoms with Crippen molar-refractivity contribution in [1.82, 2.24) is 10.6 Å². The molecule has 0 spiro atoms. The predicted molar refractivity (Wildman–Crippen MR) is 71.4 cm³/mol. The lowest BCUT2D eigenvalue weighted by molar-refractivity contribution is -0.122. The van der Waals surface area contributed by atoms with Gasteiger partial charge in [0, 0.05) is 13.0 Å². The molecular weight excluding hydrogens is 228 g/mol. The molecular formula is C14H26N2O2. The number of hydrogen-bond acceptors (Lipinski definition) is 3. The number of nitrogens with one attached hydrogen (secondary N) is 2. The van der Waals surface area contributed by atoms with Gasteiger partial charge in [0.05, 0.1) is 12.1 Å². The van der Waals surface area contributed by atoms with E-state index in [9.17, 15) is 4.79 Å². The van der Waals surface area contributed by atoms with Crippen LogP contribution >= 0.6 is 0 Å². The monoisotopic (exact) mass is 254 g/mol. The Hall–Kier alpha value is -0.610. The van der Waals surface area contributed by atoms with Crippen LogP contribution in [-0.4, -0.2) is 37.7 Å². The molecule has 0 aromatic rings. The summed E-state index contributed by atoms with van der Waals surface area (Å²) in [7, 11) is 0. The molecule has 2 heterocycles. The fourth-order valence-corrected chi connectivity index (χ4v) is 2.92. The Morgan fingerprint density at radius 1 is 1.39 bits per heavy atom. The number of amides is 1. The number of carbonyl (C=O) groups excluding carboxylic acids is 1. The Labute approximate surface area is 110 Å². The second-order valence-corrected chi connectivity index (χ2v) is 5.64. The molecule has 4 heteroatoms. The SMILES string of the molecule is CC(NC(=O)CCC1CCNCC1)C1CCCO1. The molecule has 104 valence electrons. The molecule has 2 aliphatic heterocycles. The molecule has 0 aromatic carbocycles. The summed E-state index contributed by atoms with van der Waals surface area (Å²) in [5.74, 6) is 0.923. The zero-order valence-corrected chi connectivity index (χ0v) is 11.4. The van der Waals surface area contributed by atoms with Gasteiger partial charge in [0.1, 0.15) is 0 Å². The summed E-state index contributed by atoms with van der Waals surface area (Å²) >= 11 is 0. The third-order valence-electron chi connectivity index (χ3n) is 4.15. The lowest BCUT2D eigenvalue weighted by atomic mass is 9.93. The number of piperidine rings is 1. The summed E-state index contributed by atoms with van der Waals surface area (Å²) in [5, 5.41) is 6.44. The first kappa shape index (κ1) is 13.8. The fraction of sp³-hybridized carbons (Fsp3) is 0.929. The first-order chi connectivity index (χ1) is 8.75. The lowest BCUT2D eigenvalue weighted by Crippen LogP contribution is -2.41. The first-order valence-corrected chi connectivity index (χ1v) is 7.37. The second kappa shape index (κ2) is 7.10. The topological polar surface area (TPSA) is 50.4 Å². The summed E-state index contributed by atoms with van der Waals surface area (Å²) in [6, 6.07) is 0.160. The van der Waals surface area contributed by atoms with Crippen molar-refractivity contribution in [1.29, 1.82) is 0 Å². The van der Waals surface area contributed by atoms with Gasteiger partial charge in [-0.2, -0.15) is 0 Å². The average molecular weight is 254 g/mol. The minimum absolute atomic E-state index is 0.160. The molecule has 18 heavy (non-hydrogen) atoms. The standard InChI is InChI=1S/C14H26N2O2/c1-11(13-3-2-10-18-13)16-14(17)5-4-12-6-8-15-9-7-12/h11-13,15H,2-10H2,1H3,(H,16,17). The Morgan fingerprint density at radius 2 is 2.17 bits per heavy atom. The van der Waals surface area contributed by atoms with E-state index in [4.69, 9.17) is 4.74 Å². The maximum absolute atomic E-state index is 11.9. The third kappa shape index (κ3) is 4.25. The van der Waals surface area contributed by atoms with Gasteiger partial charge < -0.3 is 15.4 Å². The van der Waals surface area contributed by atoms with Gasteiger partial charge in [-0.1, -0.05) is 0 Å². The van der Waals surface area contributed by atoms with Crippen molar-refractivity contribution in [3.63, 3.8) is 0 Å². The molecule has 2 N–H and O–H groups in total. The van der Waals surface area contributed by atoms with Crippen molar-refractivity contribution in [2.45, 2.75) is 57.6 Å². The molecule has 2 saturated heterocycles. The smallest absolute Gasteiger partial charge is 0.220 e. The van der Waals surface area contributed by atoms with E-state index >= 15 is 0 Å². The Morgan fingerprint density at radius 3 is 2.83 bits per heavy atom. The van der Waals surface area contributed by atoms with Crippen molar-refractivity contribution in [2.75, 3.05) is 19.7 Å². The predicted octanol–water partition coefficient (Wildman–Crippen LogP) is 1.45. The zero-order chi connectivity index (χ0) is 12.8. The molecule has 0 bridgehead atoms. The second-order valence-electron chi connectivity index (χ2n) is 5.64. The van der Waals surface area contributed by atoms with Crippen LogP contribution in [0, 0.1) is 5.92 Å². The minimum Gasteiger partial charge on any atom is -0.376 e. The largest absolute Gasteiger partial charge is 0.376 e. The van der Waals surface area contributed by atoms with Gasteiger partial charge in [0.25, 0.3) is 0 Å². The van der Waals surface area contributed by atoms with Crippen molar-refractivity contribution >= 4 is 5.91 Å². The van der Waals surface area contributed by atoms with E-state index in [1.807, 2.05) is 0 Å². The quantitative estimate of drug-likeness (QED) is 0.781.